The van der Waals surface area contributed by atoms with Gasteiger partial charge in [-0.2, -0.15) is 0 Å². The third-order valence-electron chi connectivity index (χ3n) is 6.03. The van der Waals surface area contributed by atoms with Crippen molar-refractivity contribution in [1.82, 2.24) is 9.55 Å². The van der Waals surface area contributed by atoms with Gasteiger partial charge in [0.2, 0.25) is 12.7 Å². The molecule has 3 aromatic rings. The quantitative estimate of drug-likeness (QED) is 0.650. The maximum Gasteiger partial charge on any atom is 0.231 e. The van der Waals surface area contributed by atoms with Crippen molar-refractivity contribution in [3.63, 3.8) is 0 Å². The van der Waals surface area contributed by atoms with Gasteiger partial charge in [0.05, 0.1) is 11.0 Å². The van der Waals surface area contributed by atoms with Crippen LogP contribution in [0.25, 0.3) is 11.0 Å². The van der Waals surface area contributed by atoms with Crippen LogP contribution in [-0.2, 0) is 11.3 Å². The number of fused-ring (bicyclic) bond motifs is 2. The van der Waals surface area contributed by atoms with Gasteiger partial charge in [0.15, 0.2) is 11.5 Å². The third kappa shape index (κ3) is 3.12. The zero-order valence-electron chi connectivity index (χ0n) is 16.8. The largest absolute Gasteiger partial charge is 0.454 e. The summed E-state index contributed by atoms with van der Waals surface area (Å²) >= 11 is 0. The lowest BCUT2D eigenvalue weighted by molar-refractivity contribution is -0.117. The minimum atomic E-state index is 0.0735. The van der Waals surface area contributed by atoms with Crippen LogP contribution in [0.4, 0.5) is 5.69 Å². The summed E-state index contributed by atoms with van der Waals surface area (Å²) in [5.41, 5.74) is 3.00. The van der Waals surface area contributed by atoms with E-state index in [9.17, 15) is 4.79 Å². The highest BCUT2D eigenvalue weighted by Gasteiger charge is 2.35. The second-order valence-electron chi connectivity index (χ2n) is 8.03. The second kappa shape index (κ2) is 7.10. The number of imidazole rings is 1. The van der Waals surface area contributed by atoms with Crippen LogP contribution in [0.15, 0.2) is 42.5 Å². The van der Waals surface area contributed by atoms with E-state index >= 15 is 0 Å². The van der Waals surface area contributed by atoms with Gasteiger partial charge in [0.25, 0.3) is 0 Å². The zero-order chi connectivity index (χ0) is 20.0. The third-order valence-corrected chi connectivity index (χ3v) is 6.03. The van der Waals surface area contributed by atoms with E-state index in [2.05, 4.69) is 36.6 Å². The number of nitrogens with zero attached hydrogens (tertiary/aromatic N) is 3. The Morgan fingerprint density at radius 1 is 1.17 bits per heavy atom. The molecule has 0 bridgehead atoms. The lowest BCUT2D eigenvalue weighted by atomic mass is 10.1. The molecule has 0 aliphatic carbocycles. The van der Waals surface area contributed by atoms with Crippen molar-refractivity contribution in [2.24, 2.45) is 5.92 Å². The normalized spacial score (nSPS) is 19.3. The number of carbonyl (C=O) groups excluding carboxylic acids is 1. The molecular weight excluding hydrogens is 366 g/mol. The number of hydrogen-bond donors (Lipinski definition) is 0. The van der Waals surface area contributed by atoms with Crippen LogP contribution < -0.4 is 14.4 Å². The molecule has 2 unspecified atom stereocenters. The Balaban J connectivity index is 1.48. The molecule has 2 atom stereocenters. The summed E-state index contributed by atoms with van der Waals surface area (Å²) in [5, 5.41) is 0. The van der Waals surface area contributed by atoms with E-state index < -0.39 is 0 Å². The molecule has 29 heavy (non-hydrogen) atoms. The first-order valence-corrected chi connectivity index (χ1v) is 10.3. The summed E-state index contributed by atoms with van der Waals surface area (Å²) in [6.07, 6.45) is 1.58. The second-order valence-corrected chi connectivity index (χ2v) is 8.03. The van der Waals surface area contributed by atoms with Gasteiger partial charge in [0.1, 0.15) is 5.82 Å². The fraction of sp³-hybridized carbons (Fsp3) is 0.391. The first-order valence-electron chi connectivity index (χ1n) is 10.3. The molecule has 5 rings (SSSR count). The molecule has 1 aromatic heterocycles. The number of carbonyl (C=O) groups is 1. The van der Waals surface area contributed by atoms with Crippen molar-refractivity contribution in [3.8, 4) is 11.5 Å². The Hall–Kier alpha value is -3.02. The summed E-state index contributed by atoms with van der Waals surface area (Å²) in [6.45, 7) is 6.25. The van der Waals surface area contributed by atoms with Gasteiger partial charge in [-0.1, -0.05) is 32.4 Å². The number of amides is 1. The fourth-order valence-corrected chi connectivity index (χ4v) is 4.22. The molecular formula is C23H25N3O3. The van der Waals surface area contributed by atoms with E-state index in [1.54, 1.807) is 0 Å². The lowest BCUT2D eigenvalue weighted by Crippen LogP contribution is -2.24. The predicted molar refractivity (Wildman–Crippen MR) is 111 cm³/mol. The van der Waals surface area contributed by atoms with Crippen molar-refractivity contribution in [3.05, 3.63) is 48.3 Å². The van der Waals surface area contributed by atoms with Gasteiger partial charge < -0.3 is 18.9 Å². The molecule has 150 valence electrons. The zero-order valence-corrected chi connectivity index (χ0v) is 16.8. The molecule has 1 fully saturated rings. The van der Waals surface area contributed by atoms with Gasteiger partial charge in [0, 0.05) is 37.2 Å². The standard InChI is InChI=1S/C23H25N3O3/c1-3-15(2)12-26-19-7-5-4-6-18(19)24-23(26)16-10-22(27)25(13-16)17-8-9-20-21(11-17)29-14-28-20/h4-9,11,15-16H,3,10,12-14H2,1-2H3. The average molecular weight is 391 g/mol. The predicted octanol–water partition coefficient (Wildman–Crippen LogP) is 4.33. The number of aromatic nitrogens is 2. The Morgan fingerprint density at radius 2 is 2.00 bits per heavy atom. The fourth-order valence-electron chi connectivity index (χ4n) is 4.22. The van der Waals surface area contributed by atoms with E-state index in [0.717, 1.165) is 41.3 Å². The molecule has 2 aromatic carbocycles. The molecule has 0 radical (unpaired) electrons. The number of para-hydroxylation sites is 2. The molecule has 1 saturated heterocycles. The van der Waals surface area contributed by atoms with E-state index in [-0.39, 0.29) is 18.6 Å². The molecule has 2 aliphatic heterocycles. The Bertz CT molecular complexity index is 1070. The SMILES string of the molecule is CCC(C)Cn1c(C2CC(=O)N(c3ccc4c(c3)OCO4)C2)nc2ccccc21. The number of benzene rings is 2. The van der Waals surface area contributed by atoms with Crippen LogP contribution in [-0.4, -0.2) is 28.8 Å². The van der Waals surface area contributed by atoms with Crippen molar-refractivity contribution in [2.75, 3.05) is 18.2 Å². The monoisotopic (exact) mass is 391 g/mol. The summed E-state index contributed by atoms with van der Waals surface area (Å²) in [4.78, 5) is 19.7. The first kappa shape index (κ1) is 18.0. The van der Waals surface area contributed by atoms with Crippen LogP contribution in [0.5, 0.6) is 11.5 Å². The highest BCUT2D eigenvalue weighted by atomic mass is 16.7. The van der Waals surface area contributed by atoms with Crippen LogP contribution in [0.3, 0.4) is 0 Å². The van der Waals surface area contributed by atoms with Crippen LogP contribution >= 0.6 is 0 Å². The van der Waals surface area contributed by atoms with Crippen LogP contribution in [0.1, 0.15) is 38.4 Å². The molecule has 1 amide bonds. The molecule has 3 heterocycles. The topological polar surface area (TPSA) is 56.6 Å². The minimum absolute atomic E-state index is 0.0735. The van der Waals surface area contributed by atoms with Crippen molar-refractivity contribution in [1.29, 1.82) is 0 Å². The smallest absolute Gasteiger partial charge is 0.231 e. The Morgan fingerprint density at radius 3 is 2.86 bits per heavy atom. The van der Waals surface area contributed by atoms with Gasteiger partial charge >= 0.3 is 0 Å². The van der Waals surface area contributed by atoms with Gasteiger partial charge in [-0.3, -0.25) is 4.79 Å². The minimum Gasteiger partial charge on any atom is -0.454 e. The van der Waals surface area contributed by atoms with Crippen molar-refractivity contribution in [2.45, 2.75) is 39.2 Å². The Kier molecular flexibility index (Phi) is 4.42. The molecule has 2 aliphatic rings. The number of anilines is 1. The van der Waals surface area contributed by atoms with Gasteiger partial charge in [-0.05, 0) is 30.2 Å². The van der Waals surface area contributed by atoms with Gasteiger partial charge in [-0.15, -0.1) is 0 Å². The van der Waals surface area contributed by atoms with E-state index in [1.807, 2.05) is 29.2 Å². The highest BCUT2D eigenvalue weighted by molar-refractivity contribution is 5.97. The summed E-state index contributed by atoms with van der Waals surface area (Å²) in [6, 6.07) is 13.9. The Labute approximate surface area is 170 Å². The van der Waals surface area contributed by atoms with E-state index in [4.69, 9.17) is 14.5 Å². The van der Waals surface area contributed by atoms with Crippen molar-refractivity contribution < 1.29 is 14.3 Å². The molecule has 0 saturated carbocycles. The van der Waals surface area contributed by atoms with E-state index in [1.165, 1.54) is 0 Å². The number of rotatable bonds is 5. The van der Waals surface area contributed by atoms with Crippen molar-refractivity contribution >= 4 is 22.6 Å². The number of ether oxygens (including phenoxy) is 2. The number of hydrogen-bond acceptors (Lipinski definition) is 4. The summed E-state index contributed by atoms with van der Waals surface area (Å²) < 4.78 is 13.2. The summed E-state index contributed by atoms with van der Waals surface area (Å²) in [5.74, 6) is 3.19. The average Bonchev–Trinajstić information content (AvgIpc) is 3.44. The van der Waals surface area contributed by atoms with Gasteiger partial charge in [-0.25, -0.2) is 4.98 Å². The van der Waals surface area contributed by atoms with Crippen LogP contribution in [0.2, 0.25) is 0 Å². The van der Waals surface area contributed by atoms with Crippen LogP contribution in [0, 0.1) is 5.92 Å². The molecule has 0 N–H and O–H groups in total. The maximum absolute atomic E-state index is 12.9. The highest BCUT2D eigenvalue weighted by Crippen LogP contribution is 2.39. The lowest BCUT2D eigenvalue weighted by Gasteiger charge is -2.19. The molecule has 6 nitrogen and oxygen atoms in total. The molecule has 6 heteroatoms. The summed E-state index contributed by atoms with van der Waals surface area (Å²) in [7, 11) is 0. The van der Waals surface area contributed by atoms with E-state index in [0.29, 0.717) is 24.6 Å². The maximum atomic E-state index is 12.9. The molecule has 0 spiro atoms. The first-order chi connectivity index (χ1) is 14.1.